The molecule has 1 aliphatic rings. The quantitative estimate of drug-likeness (QED) is 0.706. The lowest BCUT2D eigenvalue weighted by Gasteiger charge is -2.46. The molecular formula is C15H27O2-. The zero-order valence-corrected chi connectivity index (χ0v) is 12.2. The third kappa shape index (κ3) is 3.72. The van der Waals surface area contributed by atoms with E-state index in [9.17, 15) is 9.90 Å². The predicted molar refractivity (Wildman–Crippen MR) is 68.2 cm³/mol. The van der Waals surface area contributed by atoms with Crippen LogP contribution in [-0.2, 0) is 4.79 Å². The summed E-state index contributed by atoms with van der Waals surface area (Å²) in [5.41, 5.74) is 0.384. The molecule has 1 saturated carbocycles. The van der Waals surface area contributed by atoms with Crippen LogP contribution in [0.5, 0.6) is 0 Å². The molecule has 0 spiro atoms. The predicted octanol–water partition coefficient (Wildman–Crippen LogP) is 2.86. The van der Waals surface area contributed by atoms with E-state index in [1.807, 2.05) is 0 Å². The molecule has 2 nitrogen and oxygen atoms in total. The Morgan fingerprint density at radius 2 is 1.24 bits per heavy atom. The lowest BCUT2D eigenvalue weighted by atomic mass is 9.60. The first kappa shape index (κ1) is 14.5. The zero-order valence-electron chi connectivity index (χ0n) is 12.2. The molecular weight excluding hydrogens is 212 g/mol. The van der Waals surface area contributed by atoms with Gasteiger partial charge in [0.05, 0.1) is 0 Å². The number of carboxylic acid groups (broad SMARTS) is 1. The minimum Gasteiger partial charge on any atom is -0.550 e. The molecule has 1 rings (SSSR count). The monoisotopic (exact) mass is 239 g/mol. The van der Waals surface area contributed by atoms with E-state index >= 15 is 0 Å². The Morgan fingerprint density at radius 3 is 1.47 bits per heavy atom. The summed E-state index contributed by atoms with van der Waals surface area (Å²) in [4.78, 5) is 11.2. The molecule has 0 unspecified atom stereocenters. The van der Waals surface area contributed by atoms with Crippen molar-refractivity contribution in [2.24, 2.45) is 28.6 Å². The van der Waals surface area contributed by atoms with Gasteiger partial charge in [0.1, 0.15) is 0 Å². The highest BCUT2D eigenvalue weighted by atomic mass is 16.4. The van der Waals surface area contributed by atoms with Crippen LogP contribution in [0.15, 0.2) is 0 Å². The van der Waals surface area contributed by atoms with Crippen molar-refractivity contribution in [3.05, 3.63) is 0 Å². The normalized spacial score (nSPS) is 31.3. The van der Waals surface area contributed by atoms with E-state index in [-0.39, 0.29) is 16.7 Å². The maximum atomic E-state index is 11.2. The Balaban J connectivity index is 2.88. The van der Waals surface area contributed by atoms with Crippen LogP contribution in [0.1, 0.15) is 60.8 Å². The summed E-state index contributed by atoms with van der Waals surface area (Å²) < 4.78 is 0. The molecule has 0 bridgehead atoms. The molecule has 0 aromatic carbocycles. The smallest absolute Gasteiger partial charge is 0.0445 e. The van der Waals surface area contributed by atoms with Crippen LogP contribution in [0.3, 0.4) is 0 Å². The van der Waals surface area contributed by atoms with Gasteiger partial charge in [0, 0.05) is 5.97 Å². The first-order valence-electron chi connectivity index (χ1n) is 6.72. The number of aliphatic carboxylic acids is 1. The van der Waals surface area contributed by atoms with Crippen LogP contribution < -0.4 is 5.11 Å². The highest BCUT2D eigenvalue weighted by molar-refractivity contribution is 5.67. The fourth-order valence-electron chi connectivity index (χ4n) is 2.93. The van der Waals surface area contributed by atoms with Gasteiger partial charge >= 0.3 is 0 Å². The van der Waals surface area contributed by atoms with Crippen LogP contribution in [0.25, 0.3) is 0 Å². The van der Waals surface area contributed by atoms with E-state index in [4.69, 9.17) is 0 Å². The third-order valence-electron chi connectivity index (χ3n) is 4.49. The van der Waals surface area contributed by atoms with Crippen molar-refractivity contribution in [2.45, 2.75) is 60.8 Å². The fourth-order valence-corrected chi connectivity index (χ4v) is 2.93. The van der Waals surface area contributed by atoms with Crippen LogP contribution in [-0.4, -0.2) is 5.97 Å². The van der Waals surface area contributed by atoms with E-state index in [0.29, 0.717) is 11.8 Å². The second kappa shape index (κ2) is 4.62. The van der Waals surface area contributed by atoms with Crippen LogP contribution in [0.2, 0.25) is 0 Å². The molecule has 0 heterocycles. The molecule has 0 radical (unpaired) electrons. The van der Waals surface area contributed by atoms with E-state index in [2.05, 4.69) is 41.5 Å². The number of carboxylic acids is 1. The summed E-state index contributed by atoms with van der Waals surface area (Å²) in [5, 5.41) is 11.2. The molecule has 1 fully saturated rings. The Bertz CT molecular complexity index is 258. The topological polar surface area (TPSA) is 40.1 Å². The zero-order chi connectivity index (χ0) is 13.4. The molecule has 17 heavy (non-hydrogen) atoms. The number of hydrogen-bond acceptors (Lipinski definition) is 2. The van der Waals surface area contributed by atoms with Gasteiger partial charge in [-0.05, 0) is 47.8 Å². The largest absolute Gasteiger partial charge is 0.550 e. The lowest BCUT2D eigenvalue weighted by Crippen LogP contribution is -2.42. The standard InChI is InChI=1S/C15H28O2/c1-14(2,3)11-7-10(13(16)17)8-12(9-11)15(4,5)6/h10-12H,7-9H2,1-6H3,(H,16,17)/p-1/t11-,12-/m0/s1. The number of carbonyl (C=O) groups is 1. The summed E-state index contributed by atoms with van der Waals surface area (Å²) in [6.07, 6.45) is 2.73. The maximum Gasteiger partial charge on any atom is 0.0445 e. The van der Waals surface area contributed by atoms with Gasteiger partial charge < -0.3 is 9.90 Å². The van der Waals surface area contributed by atoms with Crippen LogP contribution in [0.4, 0.5) is 0 Å². The van der Waals surface area contributed by atoms with Crippen molar-refractivity contribution in [2.75, 3.05) is 0 Å². The molecule has 0 aromatic rings. The maximum absolute atomic E-state index is 11.2. The Kier molecular flexibility index (Phi) is 3.95. The van der Waals surface area contributed by atoms with E-state index in [0.717, 1.165) is 19.3 Å². The second-order valence-electron chi connectivity index (χ2n) is 7.85. The molecule has 0 saturated heterocycles. The highest BCUT2D eigenvalue weighted by Gasteiger charge is 2.39. The lowest BCUT2D eigenvalue weighted by molar-refractivity contribution is -0.314. The van der Waals surface area contributed by atoms with E-state index in [1.165, 1.54) is 0 Å². The first-order valence-corrected chi connectivity index (χ1v) is 6.72. The van der Waals surface area contributed by atoms with Gasteiger partial charge in [-0.25, -0.2) is 0 Å². The highest BCUT2D eigenvalue weighted by Crippen LogP contribution is 2.47. The number of rotatable bonds is 1. The summed E-state index contributed by atoms with van der Waals surface area (Å²) in [7, 11) is 0. The van der Waals surface area contributed by atoms with Gasteiger partial charge in [-0.15, -0.1) is 0 Å². The minimum absolute atomic E-state index is 0.192. The average molecular weight is 239 g/mol. The van der Waals surface area contributed by atoms with Crippen molar-refractivity contribution in [1.29, 1.82) is 0 Å². The fraction of sp³-hybridized carbons (Fsp3) is 0.933. The van der Waals surface area contributed by atoms with Crippen molar-refractivity contribution in [3.63, 3.8) is 0 Å². The Labute approximate surface area is 106 Å². The Hall–Kier alpha value is -0.530. The molecule has 2 heteroatoms. The van der Waals surface area contributed by atoms with E-state index in [1.54, 1.807) is 0 Å². The molecule has 2 atom stereocenters. The van der Waals surface area contributed by atoms with Gasteiger partial charge in [-0.3, -0.25) is 0 Å². The summed E-state index contributed by atoms with van der Waals surface area (Å²) in [6.45, 7) is 13.3. The van der Waals surface area contributed by atoms with E-state index < -0.39 is 5.97 Å². The summed E-state index contributed by atoms with van der Waals surface area (Å²) in [5.74, 6) is -0.128. The average Bonchev–Trinajstić information content (AvgIpc) is 2.14. The van der Waals surface area contributed by atoms with Gasteiger partial charge in [-0.2, -0.15) is 0 Å². The first-order chi connectivity index (χ1) is 7.51. The van der Waals surface area contributed by atoms with Gasteiger partial charge in [0.2, 0.25) is 0 Å². The van der Waals surface area contributed by atoms with Crippen molar-refractivity contribution < 1.29 is 9.90 Å². The number of hydrogen-bond donors (Lipinski definition) is 0. The van der Waals surface area contributed by atoms with Crippen molar-refractivity contribution in [1.82, 2.24) is 0 Å². The van der Waals surface area contributed by atoms with Crippen LogP contribution >= 0.6 is 0 Å². The minimum atomic E-state index is -0.854. The molecule has 100 valence electrons. The van der Waals surface area contributed by atoms with Gasteiger partial charge in [-0.1, -0.05) is 41.5 Å². The molecule has 0 amide bonds. The number of carbonyl (C=O) groups excluding carboxylic acids is 1. The molecule has 0 aromatic heterocycles. The summed E-state index contributed by atoms with van der Waals surface area (Å²) >= 11 is 0. The molecule has 0 N–H and O–H groups in total. The molecule has 0 aliphatic heterocycles. The van der Waals surface area contributed by atoms with Gasteiger partial charge in [0.25, 0.3) is 0 Å². The van der Waals surface area contributed by atoms with Crippen molar-refractivity contribution in [3.8, 4) is 0 Å². The summed E-state index contributed by atoms with van der Waals surface area (Å²) in [6, 6.07) is 0. The van der Waals surface area contributed by atoms with Gasteiger partial charge in [0.15, 0.2) is 0 Å². The Morgan fingerprint density at radius 1 is 0.882 bits per heavy atom. The molecule has 1 aliphatic carbocycles. The SMILES string of the molecule is CC(C)(C)[C@H]1CC(C(=O)[O-])C[C@H](C(C)(C)C)C1. The second-order valence-corrected chi connectivity index (χ2v) is 7.85. The van der Waals surface area contributed by atoms with Crippen LogP contribution in [0, 0.1) is 28.6 Å². The van der Waals surface area contributed by atoms with Crippen molar-refractivity contribution >= 4 is 5.97 Å². The third-order valence-corrected chi connectivity index (χ3v) is 4.49.